The molecule has 1 amide bonds. The maximum Gasteiger partial charge on any atom is 0.219 e. The summed E-state index contributed by atoms with van der Waals surface area (Å²) in [6.07, 6.45) is 1.04. The zero-order valence-electron chi connectivity index (χ0n) is 12.0. The van der Waals surface area contributed by atoms with Gasteiger partial charge in [-0.1, -0.05) is 29.3 Å². The van der Waals surface area contributed by atoms with Crippen molar-refractivity contribution in [1.29, 1.82) is 0 Å². The highest BCUT2D eigenvalue weighted by atomic mass is 35.5. The van der Waals surface area contributed by atoms with Gasteiger partial charge in [-0.2, -0.15) is 0 Å². The number of carbonyl (C=O) groups is 1. The molecule has 1 fully saturated rings. The SMILES string of the molecule is CC(=O)N1CCC(NCC(O)c2c(Cl)cccc2Cl)CC1. The normalized spacial score (nSPS) is 17.8. The van der Waals surface area contributed by atoms with Crippen LogP contribution in [0.4, 0.5) is 0 Å². The fourth-order valence-electron chi connectivity index (χ4n) is 2.61. The van der Waals surface area contributed by atoms with Crippen molar-refractivity contribution < 1.29 is 9.90 Å². The van der Waals surface area contributed by atoms with E-state index in [1.54, 1.807) is 25.1 Å². The molecule has 2 N–H and O–H groups in total. The van der Waals surface area contributed by atoms with Crippen LogP contribution in [-0.4, -0.2) is 41.6 Å². The van der Waals surface area contributed by atoms with Gasteiger partial charge in [0.1, 0.15) is 0 Å². The quantitative estimate of drug-likeness (QED) is 0.892. The fraction of sp³-hybridized carbons (Fsp3) is 0.533. The number of amides is 1. The number of halogens is 2. The van der Waals surface area contributed by atoms with Gasteiger partial charge in [-0.3, -0.25) is 4.79 Å². The number of nitrogens with zero attached hydrogens (tertiary/aromatic N) is 1. The van der Waals surface area contributed by atoms with Gasteiger partial charge in [0.2, 0.25) is 5.91 Å². The second-order valence-corrected chi connectivity index (χ2v) is 6.15. The fourth-order valence-corrected chi connectivity index (χ4v) is 3.26. The van der Waals surface area contributed by atoms with Crippen LogP contribution in [0.2, 0.25) is 10.0 Å². The Morgan fingerprint density at radius 2 is 1.95 bits per heavy atom. The Hall–Kier alpha value is -0.810. The van der Waals surface area contributed by atoms with Gasteiger partial charge in [-0.05, 0) is 25.0 Å². The molecular formula is C15H20Cl2N2O2. The number of hydrogen-bond acceptors (Lipinski definition) is 3. The molecule has 1 unspecified atom stereocenters. The maximum absolute atomic E-state index is 11.3. The van der Waals surface area contributed by atoms with Gasteiger partial charge < -0.3 is 15.3 Å². The summed E-state index contributed by atoms with van der Waals surface area (Å²) < 4.78 is 0. The average Bonchev–Trinajstić information content (AvgIpc) is 2.45. The molecule has 116 valence electrons. The first-order valence-electron chi connectivity index (χ1n) is 7.10. The number of likely N-dealkylation sites (tertiary alicyclic amines) is 1. The summed E-state index contributed by atoms with van der Waals surface area (Å²) in [6, 6.07) is 5.50. The number of aliphatic hydroxyl groups excluding tert-OH is 1. The first kappa shape index (κ1) is 16.6. The zero-order chi connectivity index (χ0) is 15.4. The van der Waals surface area contributed by atoms with Crippen LogP contribution >= 0.6 is 23.2 Å². The molecule has 4 nitrogen and oxygen atoms in total. The molecule has 0 radical (unpaired) electrons. The van der Waals surface area contributed by atoms with E-state index in [9.17, 15) is 9.90 Å². The Morgan fingerprint density at radius 1 is 1.38 bits per heavy atom. The first-order chi connectivity index (χ1) is 9.99. The minimum Gasteiger partial charge on any atom is -0.387 e. The second-order valence-electron chi connectivity index (χ2n) is 5.34. The van der Waals surface area contributed by atoms with Gasteiger partial charge in [0.15, 0.2) is 0 Å². The van der Waals surface area contributed by atoms with Crippen LogP contribution in [0.3, 0.4) is 0 Å². The Balaban J connectivity index is 1.85. The molecule has 1 aromatic carbocycles. The molecule has 1 heterocycles. The van der Waals surface area contributed by atoms with Gasteiger partial charge in [-0.25, -0.2) is 0 Å². The smallest absolute Gasteiger partial charge is 0.219 e. The standard InChI is InChI=1S/C15H20Cl2N2O2/c1-10(20)19-7-5-11(6-8-19)18-9-14(21)15-12(16)3-2-4-13(15)17/h2-4,11,14,18,21H,5-9H2,1H3. The zero-order valence-corrected chi connectivity index (χ0v) is 13.5. The number of benzene rings is 1. The van der Waals surface area contributed by atoms with Crippen molar-refractivity contribution in [3.63, 3.8) is 0 Å². The summed E-state index contributed by atoms with van der Waals surface area (Å²) in [4.78, 5) is 13.1. The Bertz CT molecular complexity index is 482. The maximum atomic E-state index is 11.3. The summed E-state index contributed by atoms with van der Waals surface area (Å²) in [6.45, 7) is 3.51. The third-order valence-electron chi connectivity index (χ3n) is 3.87. The highest BCUT2D eigenvalue weighted by Gasteiger charge is 2.22. The van der Waals surface area contributed by atoms with Crippen molar-refractivity contribution in [2.75, 3.05) is 19.6 Å². The third-order valence-corrected chi connectivity index (χ3v) is 4.53. The van der Waals surface area contributed by atoms with Crippen molar-refractivity contribution in [3.8, 4) is 0 Å². The van der Waals surface area contributed by atoms with Crippen molar-refractivity contribution in [1.82, 2.24) is 10.2 Å². The largest absolute Gasteiger partial charge is 0.387 e. The van der Waals surface area contributed by atoms with Crippen molar-refractivity contribution in [2.45, 2.75) is 31.9 Å². The number of carbonyl (C=O) groups excluding carboxylic acids is 1. The minimum atomic E-state index is -0.739. The summed E-state index contributed by atoms with van der Waals surface area (Å²) >= 11 is 12.2. The van der Waals surface area contributed by atoms with Crippen LogP contribution in [0.15, 0.2) is 18.2 Å². The van der Waals surface area contributed by atoms with Crippen molar-refractivity contribution in [3.05, 3.63) is 33.8 Å². The number of hydrogen-bond donors (Lipinski definition) is 2. The Morgan fingerprint density at radius 3 is 2.48 bits per heavy atom. The molecule has 1 saturated heterocycles. The summed E-state index contributed by atoms with van der Waals surface area (Å²) in [5.41, 5.74) is 0.564. The first-order valence-corrected chi connectivity index (χ1v) is 7.85. The number of nitrogens with one attached hydrogen (secondary N) is 1. The predicted molar refractivity (Wildman–Crippen MR) is 84.7 cm³/mol. The van der Waals surface area contributed by atoms with Crippen molar-refractivity contribution in [2.24, 2.45) is 0 Å². The molecule has 6 heteroatoms. The molecule has 2 rings (SSSR count). The lowest BCUT2D eigenvalue weighted by molar-refractivity contribution is -0.129. The van der Waals surface area contributed by atoms with E-state index in [1.807, 2.05) is 4.90 Å². The highest BCUT2D eigenvalue weighted by molar-refractivity contribution is 6.36. The monoisotopic (exact) mass is 330 g/mol. The number of rotatable bonds is 4. The summed E-state index contributed by atoms with van der Waals surface area (Å²) in [5.74, 6) is 0.122. The molecule has 0 aromatic heterocycles. The number of piperidine rings is 1. The molecule has 1 aliphatic rings. The van der Waals surface area contributed by atoms with E-state index >= 15 is 0 Å². The summed E-state index contributed by atoms with van der Waals surface area (Å²) in [7, 11) is 0. The Kier molecular flexibility index (Phi) is 5.88. The van der Waals surface area contributed by atoms with Crippen LogP contribution in [0.1, 0.15) is 31.4 Å². The lowest BCUT2D eigenvalue weighted by Gasteiger charge is -2.32. The van der Waals surface area contributed by atoms with E-state index in [4.69, 9.17) is 23.2 Å². The van der Waals surface area contributed by atoms with E-state index in [1.165, 1.54) is 0 Å². The van der Waals surface area contributed by atoms with E-state index in [-0.39, 0.29) is 5.91 Å². The van der Waals surface area contributed by atoms with Gasteiger partial charge >= 0.3 is 0 Å². The van der Waals surface area contributed by atoms with E-state index in [0.717, 1.165) is 25.9 Å². The van der Waals surface area contributed by atoms with Crippen molar-refractivity contribution >= 4 is 29.1 Å². The molecule has 0 bridgehead atoms. The molecule has 0 spiro atoms. The van der Waals surface area contributed by atoms with Gasteiger partial charge in [-0.15, -0.1) is 0 Å². The van der Waals surface area contributed by atoms with E-state index in [0.29, 0.717) is 28.2 Å². The third kappa shape index (κ3) is 4.33. The number of aliphatic hydroxyl groups is 1. The Labute approximate surface area is 135 Å². The molecule has 0 saturated carbocycles. The van der Waals surface area contributed by atoms with Gasteiger partial charge in [0.05, 0.1) is 6.10 Å². The van der Waals surface area contributed by atoms with Crippen LogP contribution in [0.25, 0.3) is 0 Å². The average molecular weight is 331 g/mol. The lowest BCUT2D eigenvalue weighted by atomic mass is 10.0. The highest BCUT2D eigenvalue weighted by Crippen LogP contribution is 2.30. The second kappa shape index (κ2) is 7.45. The molecule has 1 aromatic rings. The molecular weight excluding hydrogens is 311 g/mol. The van der Waals surface area contributed by atoms with Crippen LogP contribution in [0.5, 0.6) is 0 Å². The van der Waals surface area contributed by atoms with Gasteiger partial charge in [0, 0.05) is 48.2 Å². The van der Waals surface area contributed by atoms with Gasteiger partial charge in [0.25, 0.3) is 0 Å². The molecule has 21 heavy (non-hydrogen) atoms. The topological polar surface area (TPSA) is 52.6 Å². The van der Waals surface area contributed by atoms with Crippen LogP contribution in [0, 0.1) is 0 Å². The van der Waals surface area contributed by atoms with Crippen LogP contribution < -0.4 is 5.32 Å². The molecule has 0 aliphatic carbocycles. The predicted octanol–water partition coefficient (Wildman–Crippen LogP) is 2.63. The summed E-state index contributed by atoms with van der Waals surface area (Å²) in [5, 5.41) is 14.5. The van der Waals surface area contributed by atoms with E-state index in [2.05, 4.69) is 5.32 Å². The lowest BCUT2D eigenvalue weighted by Crippen LogP contribution is -2.45. The van der Waals surface area contributed by atoms with E-state index < -0.39 is 6.10 Å². The minimum absolute atomic E-state index is 0.122. The van der Waals surface area contributed by atoms with Crippen LogP contribution in [-0.2, 0) is 4.79 Å². The molecule has 1 aliphatic heterocycles. The molecule has 1 atom stereocenters.